The maximum atomic E-state index is 13.6. The lowest BCUT2D eigenvalue weighted by Gasteiger charge is -2.39. The van der Waals surface area contributed by atoms with E-state index in [9.17, 15) is 8.42 Å². The lowest BCUT2D eigenvalue weighted by molar-refractivity contribution is 0.206. The number of piperidine rings is 1. The molecule has 5 nitrogen and oxygen atoms in total. The summed E-state index contributed by atoms with van der Waals surface area (Å²) in [6.45, 7) is 2.50. The van der Waals surface area contributed by atoms with Gasteiger partial charge in [0.1, 0.15) is 5.75 Å². The topological polar surface area (TPSA) is 49.9 Å². The molecule has 3 aromatic rings. The Labute approximate surface area is 195 Å². The van der Waals surface area contributed by atoms with E-state index in [0.29, 0.717) is 10.7 Å². The Morgan fingerprint density at radius 1 is 0.938 bits per heavy atom. The number of nitrogens with zero attached hydrogens (tertiary/aromatic N) is 2. The molecule has 0 aliphatic carbocycles. The van der Waals surface area contributed by atoms with Crippen molar-refractivity contribution in [3.05, 3.63) is 89.4 Å². The van der Waals surface area contributed by atoms with Gasteiger partial charge in [-0.25, -0.2) is 8.42 Å². The summed E-state index contributed by atoms with van der Waals surface area (Å²) >= 11 is 5.99. The minimum atomic E-state index is -3.71. The quantitative estimate of drug-likeness (QED) is 0.475. The van der Waals surface area contributed by atoms with Crippen LogP contribution in [-0.2, 0) is 16.6 Å². The molecular weight excluding hydrogens is 444 g/mol. The Bertz CT molecular complexity index is 1110. The summed E-state index contributed by atoms with van der Waals surface area (Å²) in [5.74, 6) is 0.846. The van der Waals surface area contributed by atoms with Crippen LogP contribution in [-0.4, -0.2) is 39.6 Å². The van der Waals surface area contributed by atoms with Crippen LogP contribution in [0.5, 0.6) is 5.75 Å². The van der Waals surface area contributed by atoms with Gasteiger partial charge in [0.25, 0.3) is 10.0 Å². The first kappa shape index (κ1) is 22.6. The molecule has 1 heterocycles. The average Bonchev–Trinajstić information content (AvgIpc) is 2.82. The molecule has 0 radical (unpaired) electrons. The number of benzene rings is 3. The number of methoxy groups -OCH3 is 1. The average molecular weight is 471 g/mol. The van der Waals surface area contributed by atoms with Crippen molar-refractivity contribution in [3.63, 3.8) is 0 Å². The van der Waals surface area contributed by atoms with Gasteiger partial charge in [-0.2, -0.15) is 0 Å². The molecule has 0 aromatic heterocycles. The number of hydrogen-bond donors (Lipinski definition) is 0. The van der Waals surface area contributed by atoms with Crippen molar-refractivity contribution in [2.45, 2.75) is 30.3 Å². The summed E-state index contributed by atoms with van der Waals surface area (Å²) in [4.78, 5) is 2.63. The van der Waals surface area contributed by atoms with E-state index in [1.165, 1.54) is 5.56 Å². The van der Waals surface area contributed by atoms with Crippen LogP contribution in [0.25, 0.3) is 0 Å². The van der Waals surface area contributed by atoms with Gasteiger partial charge in [-0.05, 0) is 66.9 Å². The molecule has 0 unspecified atom stereocenters. The molecule has 1 saturated heterocycles. The number of ether oxygens (including phenoxy) is 1. The van der Waals surface area contributed by atoms with Gasteiger partial charge < -0.3 is 4.74 Å². The van der Waals surface area contributed by atoms with Crippen LogP contribution in [0.2, 0.25) is 5.02 Å². The second-order valence-corrected chi connectivity index (χ2v) is 10.2. The molecule has 0 amide bonds. The molecule has 0 atom stereocenters. The first-order valence-corrected chi connectivity index (χ1v) is 12.5. The van der Waals surface area contributed by atoms with Crippen molar-refractivity contribution in [3.8, 4) is 5.75 Å². The molecule has 168 valence electrons. The van der Waals surface area contributed by atoms with Crippen LogP contribution >= 0.6 is 11.6 Å². The maximum Gasteiger partial charge on any atom is 0.264 e. The van der Waals surface area contributed by atoms with E-state index in [4.69, 9.17) is 16.3 Å². The lowest BCUT2D eigenvalue weighted by Crippen LogP contribution is -2.47. The van der Waals surface area contributed by atoms with Crippen molar-refractivity contribution >= 4 is 27.3 Å². The fourth-order valence-electron chi connectivity index (χ4n) is 4.14. The molecule has 0 N–H and O–H groups in total. The third kappa shape index (κ3) is 5.09. The largest absolute Gasteiger partial charge is 0.497 e. The number of likely N-dealkylation sites (tertiary alicyclic amines) is 1. The van der Waals surface area contributed by atoms with E-state index >= 15 is 0 Å². The van der Waals surface area contributed by atoms with Crippen molar-refractivity contribution in [1.82, 2.24) is 4.90 Å². The molecular formula is C25H27ClN2O3S. The van der Waals surface area contributed by atoms with Gasteiger partial charge >= 0.3 is 0 Å². The fourth-order valence-corrected chi connectivity index (χ4v) is 5.98. The Kier molecular flexibility index (Phi) is 7.04. The van der Waals surface area contributed by atoms with Crippen LogP contribution < -0.4 is 9.04 Å². The highest BCUT2D eigenvalue weighted by Gasteiger charge is 2.34. The first-order chi connectivity index (χ1) is 15.5. The molecule has 0 bridgehead atoms. The Balaban J connectivity index is 1.52. The number of rotatable bonds is 7. The highest BCUT2D eigenvalue weighted by atomic mass is 35.5. The Morgan fingerprint density at radius 2 is 1.56 bits per heavy atom. The smallest absolute Gasteiger partial charge is 0.264 e. The van der Waals surface area contributed by atoms with E-state index in [2.05, 4.69) is 17.0 Å². The number of anilines is 1. The predicted molar refractivity (Wildman–Crippen MR) is 129 cm³/mol. The second-order valence-electron chi connectivity index (χ2n) is 7.95. The molecule has 0 spiro atoms. The van der Waals surface area contributed by atoms with Crippen molar-refractivity contribution in [1.29, 1.82) is 0 Å². The van der Waals surface area contributed by atoms with Crippen molar-refractivity contribution < 1.29 is 13.2 Å². The summed E-state index contributed by atoms with van der Waals surface area (Å²) in [6.07, 6.45) is 1.52. The van der Waals surface area contributed by atoms with E-state index in [-0.39, 0.29) is 10.9 Å². The molecule has 0 saturated carbocycles. The Morgan fingerprint density at radius 3 is 2.16 bits per heavy atom. The standard InChI is InChI=1S/C25H27ClN2O3S/c1-31-24-11-7-20(8-12-24)19-27-17-15-23(16-18-27)28(22-5-3-2-4-6-22)32(29,30)25-13-9-21(26)10-14-25/h2-14,23H,15-19H2,1H3. The zero-order chi connectivity index (χ0) is 22.6. The SMILES string of the molecule is COc1ccc(CN2CCC(N(c3ccccc3)S(=O)(=O)c3ccc(Cl)cc3)CC2)cc1. The van der Waals surface area contributed by atoms with Gasteiger partial charge in [-0.1, -0.05) is 41.9 Å². The van der Waals surface area contributed by atoms with E-state index in [0.717, 1.165) is 38.2 Å². The molecule has 1 aliphatic rings. The highest BCUT2D eigenvalue weighted by Crippen LogP contribution is 2.31. The van der Waals surface area contributed by atoms with Gasteiger partial charge in [-0.3, -0.25) is 9.21 Å². The van der Waals surface area contributed by atoms with Crippen LogP contribution in [0.3, 0.4) is 0 Å². The Hall–Kier alpha value is -2.54. The molecule has 32 heavy (non-hydrogen) atoms. The van der Waals surface area contributed by atoms with Gasteiger partial charge in [0, 0.05) is 30.7 Å². The molecule has 1 aliphatic heterocycles. The summed E-state index contributed by atoms with van der Waals surface area (Å²) in [5.41, 5.74) is 1.91. The van der Waals surface area contributed by atoms with Gasteiger partial charge in [-0.15, -0.1) is 0 Å². The van der Waals surface area contributed by atoms with Gasteiger partial charge in [0.15, 0.2) is 0 Å². The highest BCUT2D eigenvalue weighted by molar-refractivity contribution is 7.92. The van der Waals surface area contributed by atoms with E-state index in [1.807, 2.05) is 42.5 Å². The van der Waals surface area contributed by atoms with E-state index < -0.39 is 10.0 Å². The predicted octanol–water partition coefficient (Wildman–Crippen LogP) is 5.21. The van der Waals surface area contributed by atoms with Gasteiger partial charge in [0.05, 0.1) is 17.7 Å². The molecule has 1 fully saturated rings. The molecule has 7 heteroatoms. The fraction of sp³-hybridized carbons (Fsp3) is 0.280. The van der Waals surface area contributed by atoms with Crippen LogP contribution in [0.4, 0.5) is 5.69 Å². The van der Waals surface area contributed by atoms with Crippen LogP contribution in [0.15, 0.2) is 83.8 Å². The van der Waals surface area contributed by atoms with Crippen LogP contribution in [0.1, 0.15) is 18.4 Å². The first-order valence-electron chi connectivity index (χ1n) is 10.7. The number of sulfonamides is 1. The lowest BCUT2D eigenvalue weighted by atomic mass is 10.0. The number of halogens is 1. The zero-order valence-corrected chi connectivity index (χ0v) is 19.6. The van der Waals surface area contributed by atoms with Crippen LogP contribution in [0, 0.1) is 0 Å². The minimum absolute atomic E-state index is 0.106. The monoisotopic (exact) mass is 470 g/mol. The second kappa shape index (κ2) is 9.94. The normalized spacial score (nSPS) is 15.4. The zero-order valence-electron chi connectivity index (χ0n) is 18.0. The van der Waals surface area contributed by atoms with E-state index in [1.54, 1.807) is 35.7 Å². The third-order valence-electron chi connectivity index (χ3n) is 5.84. The summed E-state index contributed by atoms with van der Waals surface area (Å²) < 4.78 is 34.1. The number of hydrogen-bond acceptors (Lipinski definition) is 4. The molecule has 3 aromatic carbocycles. The third-order valence-corrected chi connectivity index (χ3v) is 7.98. The summed E-state index contributed by atoms with van der Waals surface area (Å²) in [6, 6.07) is 23.7. The van der Waals surface area contributed by atoms with Crippen molar-refractivity contribution in [2.75, 3.05) is 24.5 Å². The van der Waals surface area contributed by atoms with Gasteiger partial charge in [0.2, 0.25) is 0 Å². The maximum absolute atomic E-state index is 13.6. The van der Waals surface area contributed by atoms with Crippen molar-refractivity contribution in [2.24, 2.45) is 0 Å². The molecule has 4 rings (SSSR count). The summed E-state index contributed by atoms with van der Waals surface area (Å²) in [5, 5.41) is 0.516. The minimum Gasteiger partial charge on any atom is -0.497 e. The summed E-state index contributed by atoms with van der Waals surface area (Å²) in [7, 11) is -2.05. The number of para-hydroxylation sites is 1.